The van der Waals surface area contributed by atoms with Crippen molar-refractivity contribution in [3.8, 4) is 5.75 Å². The summed E-state index contributed by atoms with van der Waals surface area (Å²) in [7, 11) is 1.27. The van der Waals surface area contributed by atoms with Gasteiger partial charge < -0.3 is 19.2 Å². The number of benzene rings is 1. The van der Waals surface area contributed by atoms with E-state index in [9.17, 15) is 14.4 Å². The van der Waals surface area contributed by atoms with Crippen LogP contribution in [0.5, 0.6) is 5.75 Å². The molecule has 26 heavy (non-hydrogen) atoms. The number of methoxy groups -OCH3 is 1. The average Bonchev–Trinajstić information content (AvgIpc) is 3.18. The molecule has 1 aromatic carbocycles. The Morgan fingerprint density at radius 1 is 1.15 bits per heavy atom. The number of hydrazone groups is 1. The summed E-state index contributed by atoms with van der Waals surface area (Å²) in [6.45, 7) is -0.0802. The van der Waals surface area contributed by atoms with E-state index in [1.807, 2.05) is 0 Å². The third kappa shape index (κ3) is 6.11. The number of amides is 2. The zero-order valence-corrected chi connectivity index (χ0v) is 13.9. The first kappa shape index (κ1) is 18.7. The van der Waals surface area contributed by atoms with Gasteiger partial charge in [-0.05, 0) is 42.0 Å². The molecule has 0 atom stereocenters. The lowest BCUT2D eigenvalue weighted by Gasteiger charge is -2.04. The van der Waals surface area contributed by atoms with Crippen molar-refractivity contribution in [3.63, 3.8) is 0 Å². The number of ether oxygens (including phenoxy) is 2. The summed E-state index contributed by atoms with van der Waals surface area (Å²) in [5, 5.41) is 6.10. The first-order valence-corrected chi connectivity index (χ1v) is 7.52. The van der Waals surface area contributed by atoms with Gasteiger partial charge in [0.15, 0.2) is 6.61 Å². The average molecular weight is 359 g/mol. The van der Waals surface area contributed by atoms with Crippen LogP contribution in [-0.4, -0.2) is 37.7 Å². The number of nitrogens with zero attached hydrogens (tertiary/aromatic N) is 1. The highest BCUT2D eigenvalue weighted by atomic mass is 16.6. The molecule has 0 saturated carbocycles. The zero-order valence-electron chi connectivity index (χ0n) is 13.9. The van der Waals surface area contributed by atoms with Crippen molar-refractivity contribution >= 4 is 24.0 Å². The van der Waals surface area contributed by atoms with Crippen LogP contribution in [0, 0.1) is 0 Å². The Morgan fingerprint density at radius 3 is 2.58 bits per heavy atom. The second-order valence-electron chi connectivity index (χ2n) is 4.90. The van der Waals surface area contributed by atoms with Crippen LogP contribution in [0.2, 0.25) is 0 Å². The highest BCUT2D eigenvalue weighted by Gasteiger charge is 2.12. The first-order chi connectivity index (χ1) is 12.6. The van der Waals surface area contributed by atoms with E-state index in [1.165, 1.54) is 19.6 Å². The predicted molar refractivity (Wildman–Crippen MR) is 90.2 cm³/mol. The van der Waals surface area contributed by atoms with Gasteiger partial charge in [-0.2, -0.15) is 5.10 Å². The van der Waals surface area contributed by atoms with E-state index in [1.54, 1.807) is 36.4 Å². The Bertz CT molecular complexity index is 768. The van der Waals surface area contributed by atoms with Gasteiger partial charge in [-0.15, -0.1) is 0 Å². The predicted octanol–water partition coefficient (Wildman–Crippen LogP) is 0.598. The minimum atomic E-state index is -0.897. The molecule has 0 spiro atoms. The molecule has 1 heterocycles. The van der Waals surface area contributed by atoms with E-state index in [4.69, 9.17) is 9.15 Å². The van der Waals surface area contributed by atoms with Crippen LogP contribution >= 0.6 is 0 Å². The topological polar surface area (TPSA) is 119 Å². The third-order valence-corrected chi connectivity index (χ3v) is 3.05. The molecule has 0 aliphatic carbocycles. The van der Waals surface area contributed by atoms with Gasteiger partial charge in [0.1, 0.15) is 11.5 Å². The van der Waals surface area contributed by atoms with Crippen LogP contribution in [-0.2, 0) is 25.7 Å². The van der Waals surface area contributed by atoms with E-state index in [2.05, 4.69) is 20.6 Å². The Morgan fingerprint density at radius 2 is 1.92 bits per heavy atom. The lowest BCUT2D eigenvalue weighted by molar-refractivity contribution is -0.142. The van der Waals surface area contributed by atoms with Gasteiger partial charge in [0.25, 0.3) is 0 Å². The molecular weight excluding hydrogens is 342 g/mol. The van der Waals surface area contributed by atoms with E-state index in [0.29, 0.717) is 17.1 Å². The molecule has 0 bridgehead atoms. The monoisotopic (exact) mass is 359 g/mol. The molecule has 2 rings (SSSR count). The zero-order chi connectivity index (χ0) is 18.8. The summed E-state index contributed by atoms with van der Waals surface area (Å²) in [5.74, 6) is -1.20. The van der Waals surface area contributed by atoms with Gasteiger partial charge in [-0.3, -0.25) is 9.59 Å². The molecule has 9 nitrogen and oxygen atoms in total. The third-order valence-electron chi connectivity index (χ3n) is 3.05. The van der Waals surface area contributed by atoms with E-state index in [-0.39, 0.29) is 13.2 Å². The summed E-state index contributed by atoms with van der Waals surface area (Å²) in [6.07, 6.45) is 2.83. The molecule has 0 radical (unpaired) electrons. The molecule has 0 fully saturated rings. The molecule has 0 saturated heterocycles. The Balaban J connectivity index is 1.75. The Kier molecular flexibility index (Phi) is 6.93. The van der Waals surface area contributed by atoms with Crippen LogP contribution in [0.4, 0.5) is 0 Å². The molecule has 2 aromatic rings. The van der Waals surface area contributed by atoms with Crippen molar-refractivity contribution in [2.75, 3.05) is 13.7 Å². The fraction of sp³-hybridized carbons (Fsp3) is 0.176. The number of esters is 1. The number of hydrogen-bond acceptors (Lipinski definition) is 7. The maximum Gasteiger partial charge on any atom is 0.343 e. The van der Waals surface area contributed by atoms with Crippen LogP contribution in [0.3, 0.4) is 0 Å². The largest absolute Gasteiger partial charge is 0.482 e. The van der Waals surface area contributed by atoms with Crippen molar-refractivity contribution in [2.24, 2.45) is 5.10 Å². The van der Waals surface area contributed by atoms with Gasteiger partial charge in [0.05, 0.1) is 26.1 Å². The minimum Gasteiger partial charge on any atom is -0.482 e. The molecule has 0 unspecified atom stereocenters. The molecule has 0 aliphatic rings. The Hall–Kier alpha value is -3.62. The summed E-state index contributed by atoms with van der Waals surface area (Å²) < 4.78 is 14.7. The van der Waals surface area contributed by atoms with Crippen molar-refractivity contribution in [1.82, 2.24) is 10.7 Å². The number of carbonyl (C=O) groups is 3. The number of rotatable bonds is 7. The second kappa shape index (κ2) is 9.62. The lowest BCUT2D eigenvalue weighted by Crippen LogP contribution is -2.37. The lowest BCUT2D eigenvalue weighted by atomic mass is 10.2. The fourth-order valence-corrected chi connectivity index (χ4v) is 1.73. The summed E-state index contributed by atoms with van der Waals surface area (Å²) >= 11 is 0. The SMILES string of the molecule is COC(=O)COc1ccc(/C=N\NC(=O)C(=O)NCc2ccco2)cc1. The minimum absolute atomic E-state index is 0.107. The quantitative estimate of drug-likeness (QED) is 0.323. The normalized spacial score (nSPS) is 10.3. The highest BCUT2D eigenvalue weighted by molar-refractivity contribution is 6.35. The standard InChI is InChI=1S/C17H17N3O6/c1-24-15(21)11-26-13-6-4-12(5-7-13)9-19-20-17(23)16(22)18-10-14-3-2-8-25-14/h2-9H,10-11H2,1H3,(H,18,22)(H,20,23)/b19-9-. The van der Waals surface area contributed by atoms with Crippen LogP contribution in [0.25, 0.3) is 0 Å². The van der Waals surface area contributed by atoms with Gasteiger partial charge in [-0.1, -0.05) is 0 Å². The highest BCUT2D eigenvalue weighted by Crippen LogP contribution is 2.11. The smallest absolute Gasteiger partial charge is 0.343 e. The molecular formula is C17H17N3O6. The van der Waals surface area contributed by atoms with Gasteiger partial charge in [0, 0.05) is 0 Å². The van der Waals surface area contributed by atoms with Crippen molar-refractivity contribution in [2.45, 2.75) is 6.54 Å². The van der Waals surface area contributed by atoms with Crippen LogP contribution in [0.15, 0.2) is 52.2 Å². The van der Waals surface area contributed by atoms with Crippen LogP contribution in [0.1, 0.15) is 11.3 Å². The van der Waals surface area contributed by atoms with E-state index >= 15 is 0 Å². The Labute approximate surface area is 149 Å². The summed E-state index contributed by atoms with van der Waals surface area (Å²) in [5.41, 5.74) is 2.78. The molecule has 2 N–H and O–H groups in total. The van der Waals surface area contributed by atoms with Gasteiger partial charge >= 0.3 is 17.8 Å². The first-order valence-electron chi connectivity index (χ1n) is 7.52. The van der Waals surface area contributed by atoms with Crippen LogP contribution < -0.4 is 15.5 Å². The molecule has 1 aromatic heterocycles. The van der Waals surface area contributed by atoms with E-state index < -0.39 is 17.8 Å². The maximum absolute atomic E-state index is 11.6. The fourth-order valence-electron chi connectivity index (χ4n) is 1.73. The van der Waals surface area contributed by atoms with Gasteiger partial charge in [-0.25, -0.2) is 10.2 Å². The molecule has 0 aliphatic heterocycles. The maximum atomic E-state index is 11.6. The van der Waals surface area contributed by atoms with Crippen molar-refractivity contribution < 1.29 is 28.3 Å². The van der Waals surface area contributed by atoms with E-state index in [0.717, 1.165) is 0 Å². The molecule has 136 valence electrons. The molecule has 2 amide bonds. The number of carbonyl (C=O) groups excluding carboxylic acids is 3. The van der Waals surface area contributed by atoms with Crippen molar-refractivity contribution in [3.05, 3.63) is 54.0 Å². The number of nitrogens with one attached hydrogen (secondary N) is 2. The van der Waals surface area contributed by atoms with Crippen molar-refractivity contribution in [1.29, 1.82) is 0 Å². The summed E-state index contributed by atoms with van der Waals surface area (Å²) in [4.78, 5) is 34.2. The summed E-state index contributed by atoms with van der Waals surface area (Å²) in [6, 6.07) is 9.94. The van der Waals surface area contributed by atoms with Gasteiger partial charge in [0.2, 0.25) is 0 Å². The molecule has 9 heteroatoms. The number of hydrogen-bond donors (Lipinski definition) is 2. The second-order valence-corrected chi connectivity index (χ2v) is 4.90. The number of furan rings is 1.